The summed E-state index contributed by atoms with van der Waals surface area (Å²) in [6.45, 7) is 0.813. The van der Waals surface area contributed by atoms with Gasteiger partial charge in [-0.2, -0.15) is 0 Å². The minimum atomic E-state index is -1.12. The second-order valence-electron chi connectivity index (χ2n) is 7.87. The van der Waals surface area contributed by atoms with Gasteiger partial charge in [-0.3, -0.25) is 0 Å². The molecule has 1 N–H and O–H groups in total. The molecule has 2 aliphatic rings. The zero-order valence-corrected chi connectivity index (χ0v) is 17.3. The molecule has 2 unspecified atom stereocenters. The number of oxime groups is 1. The number of aliphatic carboxylic acids is 1. The minimum Gasteiger partial charge on any atom is -0.490 e. The van der Waals surface area contributed by atoms with Crippen LogP contribution < -0.4 is 14.2 Å². The maximum absolute atomic E-state index is 10.7. The molecule has 0 bridgehead atoms. The highest BCUT2D eigenvalue weighted by Gasteiger charge is 2.27. The summed E-state index contributed by atoms with van der Waals surface area (Å²) >= 11 is 0. The van der Waals surface area contributed by atoms with Crippen molar-refractivity contribution in [3.8, 4) is 17.2 Å². The molecule has 0 spiro atoms. The molecule has 7 heteroatoms. The number of para-hydroxylation sites is 2. The summed E-state index contributed by atoms with van der Waals surface area (Å²) in [6.07, 6.45) is 5.97. The summed E-state index contributed by atoms with van der Waals surface area (Å²) < 4.78 is 17.5. The van der Waals surface area contributed by atoms with Crippen molar-refractivity contribution in [1.82, 2.24) is 0 Å². The molecule has 1 aliphatic carbocycles. The van der Waals surface area contributed by atoms with Crippen LogP contribution in [0, 0.1) is 5.92 Å². The number of fused-ring (bicyclic) bond motifs is 1. The number of ether oxygens (including phenoxy) is 3. The van der Waals surface area contributed by atoms with E-state index in [0.717, 1.165) is 54.7 Å². The van der Waals surface area contributed by atoms with Crippen LogP contribution in [0.2, 0.25) is 0 Å². The summed E-state index contributed by atoms with van der Waals surface area (Å²) in [4.78, 5) is 16.4. The van der Waals surface area contributed by atoms with Gasteiger partial charge in [-0.15, -0.1) is 0 Å². The molecule has 7 nitrogen and oxygen atoms in total. The number of nitrogens with zero attached hydrogens (tertiary/aromatic N) is 1. The fraction of sp³-hybridized carbons (Fsp3) is 0.417. The lowest BCUT2D eigenvalue weighted by Gasteiger charge is -2.29. The van der Waals surface area contributed by atoms with E-state index in [1.54, 1.807) is 0 Å². The Hall–Kier alpha value is -3.22. The van der Waals surface area contributed by atoms with Crippen molar-refractivity contribution >= 4 is 12.2 Å². The van der Waals surface area contributed by atoms with E-state index in [-0.39, 0.29) is 12.2 Å². The highest BCUT2D eigenvalue weighted by molar-refractivity contribution is 6.21. The van der Waals surface area contributed by atoms with Crippen LogP contribution in [-0.4, -0.2) is 36.6 Å². The van der Waals surface area contributed by atoms with Crippen molar-refractivity contribution in [2.45, 2.75) is 44.3 Å². The third-order valence-corrected chi connectivity index (χ3v) is 5.63. The molecule has 2 aromatic carbocycles. The molecular weight excluding hydrogens is 398 g/mol. The lowest BCUT2D eigenvalue weighted by atomic mass is 9.83. The summed E-state index contributed by atoms with van der Waals surface area (Å²) in [5.41, 5.74) is 0.966. The first kappa shape index (κ1) is 21.0. The normalized spacial score (nSPS) is 19.7. The number of rotatable bonds is 8. The lowest BCUT2D eigenvalue weighted by Crippen LogP contribution is -2.34. The molecule has 0 saturated heterocycles. The first-order valence-electron chi connectivity index (χ1n) is 10.7. The van der Waals surface area contributed by atoms with E-state index in [1.165, 1.54) is 6.42 Å². The predicted octanol–water partition coefficient (Wildman–Crippen LogP) is 4.61. The van der Waals surface area contributed by atoms with Crippen LogP contribution in [0.15, 0.2) is 53.7 Å². The highest BCUT2D eigenvalue weighted by Crippen LogP contribution is 2.37. The summed E-state index contributed by atoms with van der Waals surface area (Å²) in [6, 6.07) is 15.3. The van der Waals surface area contributed by atoms with Crippen LogP contribution >= 0.6 is 0 Å². The first-order chi connectivity index (χ1) is 15.2. The van der Waals surface area contributed by atoms with Gasteiger partial charge in [0, 0.05) is 5.92 Å². The van der Waals surface area contributed by atoms with Gasteiger partial charge in [0.1, 0.15) is 19.0 Å². The van der Waals surface area contributed by atoms with E-state index < -0.39 is 5.97 Å². The van der Waals surface area contributed by atoms with E-state index in [0.29, 0.717) is 19.1 Å². The summed E-state index contributed by atoms with van der Waals surface area (Å²) in [5.74, 6) is 1.40. The Morgan fingerprint density at radius 2 is 1.84 bits per heavy atom. The summed E-state index contributed by atoms with van der Waals surface area (Å²) in [7, 11) is 0. The molecule has 1 fully saturated rings. The monoisotopic (exact) mass is 425 g/mol. The number of hydrogen-bond donors (Lipinski definition) is 1. The van der Waals surface area contributed by atoms with Gasteiger partial charge in [0.25, 0.3) is 0 Å². The second-order valence-corrected chi connectivity index (χ2v) is 7.87. The molecule has 2 aromatic rings. The van der Waals surface area contributed by atoms with Crippen molar-refractivity contribution in [2.24, 2.45) is 11.1 Å². The molecule has 0 amide bonds. The predicted molar refractivity (Wildman–Crippen MR) is 115 cm³/mol. The maximum Gasteiger partial charge on any atom is 0.350 e. The van der Waals surface area contributed by atoms with E-state index in [9.17, 15) is 4.79 Å². The van der Waals surface area contributed by atoms with Crippen LogP contribution in [0.5, 0.6) is 17.2 Å². The van der Waals surface area contributed by atoms with Crippen molar-refractivity contribution in [2.75, 3.05) is 13.2 Å². The minimum absolute atomic E-state index is 0.182. The van der Waals surface area contributed by atoms with E-state index in [1.807, 2.05) is 48.5 Å². The van der Waals surface area contributed by atoms with Crippen molar-refractivity contribution in [3.05, 3.63) is 54.1 Å². The topological polar surface area (TPSA) is 86.6 Å². The SMILES string of the molecule is O=C(O)/C=N/OC(c1ccc(OCC2COc3ccccc3O2)cc1)C1CCCCC1. The molecule has 1 heterocycles. The Balaban J connectivity index is 1.36. The molecular formula is C24H27NO6. The van der Waals surface area contributed by atoms with Gasteiger partial charge >= 0.3 is 5.97 Å². The average Bonchev–Trinajstić information content (AvgIpc) is 2.81. The van der Waals surface area contributed by atoms with Crippen LogP contribution in [0.4, 0.5) is 0 Å². The lowest BCUT2D eigenvalue weighted by molar-refractivity contribution is -0.129. The third kappa shape index (κ3) is 5.69. The van der Waals surface area contributed by atoms with E-state index in [2.05, 4.69) is 5.16 Å². The molecule has 1 aliphatic heterocycles. The smallest absolute Gasteiger partial charge is 0.350 e. The van der Waals surface area contributed by atoms with Gasteiger partial charge < -0.3 is 24.2 Å². The van der Waals surface area contributed by atoms with Crippen LogP contribution in [-0.2, 0) is 9.63 Å². The van der Waals surface area contributed by atoms with Gasteiger partial charge in [-0.1, -0.05) is 48.7 Å². The van der Waals surface area contributed by atoms with Crippen molar-refractivity contribution in [1.29, 1.82) is 0 Å². The van der Waals surface area contributed by atoms with E-state index in [4.69, 9.17) is 24.2 Å². The Kier molecular flexibility index (Phi) is 6.92. The van der Waals surface area contributed by atoms with Gasteiger partial charge in [0.05, 0.1) is 0 Å². The number of carboxylic acid groups (broad SMARTS) is 1. The van der Waals surface area contributed by atoms with Gasteiger partial charge in [-0.25, -0.2) is 4.79 Å². The van der Waals surface area contributed by atoms with E-state index >= 15 is 0 Å². The van der Waals surface area contributed by atoms with Crippen LogP contribution in [0.25, 0.3) is 0 Å². The van der Waals surface area contributed by atoms with Crippen molar-refractivity contribution < 1.29 is 28.9 Å². The first-order valence-corrected chi connectivity index (χ1v) is 10.7. The number of hydrogen-bond acceptors (Lipinski definition) is 6. The third-order valence-electron chi connectivity index (χ3n) is 5.63. The fourth-order valence-electron chi connectivity index (χ4n) is 4.09. The van der Waals surface area contributed by atoms with Gasteiger partial charge in [0.2, 0.25) is 0 Å². The molecule has 0 radical (unpaired) electrons. The molecule has 0 aromatic heterocycles. The Morgan fingerprint density at radius 1 is 1.10 bits per heavy atom. The molecule has 1 saturated carbocycles. The number of carbonyl (C=O) groups is 1. The molecule has 31 heavy (non-hydrogen) atoms. The Labute approximate surface area is 181 Å². The molecule has 164 valence electrons. The summed E-state index contributed by atoms with van der Waals surface area (Å²) in [5, 5.41) is 12.5. The zero-order valence-electron chi connectivity index (χ0n) is 17.3. The fourth-order valence-corrected chi connectivity index (χ4v) is 4.09. The Morgan fingerprint density at radius 3 is 2.58 bits per heavy atom. The zero-order chi connectivity index (χ0) is 21.5. The number of benzene rings is 2. The largest absolute Gasteiger partial charge is 0.490 e. The second kappa shape index (κ2) is 10.2. The molecule has 4 rings (SSSR count). The average molecular weight is 425 g/mol. The standard InChI is InChI=1S/C24H27NO6/c26-23(27)14-25-31-24(17-6-2-1-3-7-17)18-10-12-19(13-11-18)28-15-20-16-29-21-8-4-5-9-22(21)30-20/h4-5,8-14,17,20,24H,1-3,6-7,15-16H2,(H,26,27)/b25-14+. The molecule has 2 atom stereocenters. The Bertz CT molecular complexity index is 891. The maximum atomic E-state index is 10.7. The highest BCUT2D eigenvalue weighted by atomic mass is 16.6. The van der Waals surface area contributed by atoms with Gasteiger partial charge in [0.15, 0.2) is 29.9 Å². The van der Waals surface area contributed by atoms with Crippen molar-refractivity contribution in [3.63, 3.8) is 0 Å². The quantitative estimate of drug-likeness (QED) is 0.491. The van der Waals surface area contributed by atoms with Crippen LogP contribution in [0.1, 0.15) is 43.8 Å². The number of carboxylic acids is 1. The van der Waals surface area contributed by atoms with Gasteiger partial charge in [-0.05, 0) is 42.7 Å². The van der Waals surface area contributed by atoms with Crippen LogP contribution in [0.3, 0.4) is 0 Å².